The van der Waals surface area contributed by atoms with Crippen molar-refractivity contribution in [2.75, 3.05) is 19.3 Å². The van der Waals surface area contributed by atoms with E-state index in [0.717, 1.165) is 42.7 Å². The zero-order valence-corrected chi connectivity index (χ0v) is 22.3. The summed E-state index contributed by atoms with van der Waals surface area (Å²) in [6.07, 6.45) is -3.55. The van der Waals surface area contributed by atoms with Gasteiger partial charge in [0.15, 0.2) is 19.7 Å². The van der Waals surface area contributed by atoms with Crippen LogP contribution in [0.5, 0.6) is 5.75 Å². The highest BCUT2D eigenvalue weighted by atomic mass is 32.2. The van der Waals surface area contributed by atoms with Gasteiger partial charge < -0.3 is 9.64 Å². The molecule has 2 aromatic carbocycles. The highest BCUT2D eigenvalue weighted by molar-refractivity contribution is 7.92. The summed E-state index contributed by atoms with van der Waals surface area (Å²) in [7, 11) is -8.13. The van der Waals surface area contributed by atoms with Crippen LogP contribution in [-0.4, -0.2) is 58.3 Å². The number of rotatable bonds is 7. The number of hydrogen-bond donors (Lipinski definition) is 0. The van der Waals surface area contributed by atoms with Crippen molar-refractivity contribution in [2.45, 2.75) is 54.0 Å². The number of carbonyl (C=O) groups is 1. The van der Waals surface area contributed by atoms with E-state index in [1.54, 1.807) is 0 Å². The van der Waals surface area contributed by atoms with Gasteiger partial charge in [0.25, 0.3) is 5.91 Å². The van der Waals surface area contributed by atoms with Crippen LogP contribution in [0.3, 0.4) is 0 Å². The van der Waals surface area contributed by atoms with Crippen molar-refractivity contribution in [1.29, 1.82) is 0 Å². The predicted octanol–water partition coefficient (Wildman–Crippen LogP) is 4.82. The monoisotopic (exact) mass is 583 g/mol. The number of benzene rings is 2. The highest BCUT2D eigenvalue weighted by Crippen LogP contribution is 2.40. The molecule has 38 heavy (non-hydrogen) atoms. The number of hydrogen-bond acceptors (Lipinski definition) is 6. The highest BCUT2D eigenvalue weighted by Gasteiger charge is 2.45. The molecule has 1 fully saturated rings. The number of amides is 1. The largest absolute Gasteiger partial charge is 0.435 e. The van der Waals surface area contributed by atoms with Gasteiger partial charge in [0, 0.05) is 19.3 Å². The quantitative estimate of drug-likeness (QED) is 0.434. The Morgan fingerprint density at radius 3 is 2.13 bits per heavy atom. The molecule has 1 saturated heterocycles. The van der Waals surface area contributed by atoms with Gasteiger partial charge in [0.05, 0.1) is 25.7 Å². The molecule has 0 spiro atoms. The third-order valence-electron chi connectivity index (χ3n) is 6.74. The molecule has 1 aliphatic rings. The number of sulfone groups is 2. The Bertz CT molecular complexity index is 1410. The maximum absolute atomic E-state index is 13.4. The van der Waals surface area contributed by atoms with Crippen LogP contribution in [0.1, 0.15) is 42.6 Å². The van der Waals surface area contributed by atoms with E-state index < -0.39 is 65.2 Å². The molecule has 0 aromatic heterocycles. The van der Waals surface area contributed by atoms with E-state index in [1.165, 1.54) is 18.7 Å². The van der Waals surface area contributed by atoms with Crippen molar-refractivity contribution in [3.8, 4) is 5.75 Å². The minimum Gasteiger partial charge on any atom is -0.435 e. The van der Waals surface area contributed by atoms with Crippen molar-refractivity contribution >= 4 is 25.6 Å². The maximum Gasteiger partial charge on any atom is 0.416 e. The second-order valence-electron chi connectivity index (χ2n) is 9.51. The topological polar surface area (TPSA) is 97.8 Å². The molecule has 0 bridgehead atoms. The molecule has 1 aliphatic heterocycles. The molecule has 3 rings (SSSR count). The van der Waals surface area contributed by atoms with Crippen molar-refractivity contribution in [3.05, 3.63) is 53.6 Å². The van der Waals surface area contributed by atoms with Gasteiger partial charge in [-0.3, -0.25) is 4.79 Å². The van der Waals surface area contributed by atoms with E-state index in [-0.39, 0.29) is 36.4 Å². The van der Waals surface area contributed by atoms with Gasteiger partial charge in [-0.1, -0.05) is 6.07 Å². The number of piperidine rings is 1. The standard InChI is InChI=1S/C24H26F5NO6S2/c1-23(2,38(34,35)18-6-4-5-16(13-18)24(27,28)29)15-9-11-30(12-10-15)21(31)19-14-17(36-22(25)26)7-8-20(19)37(3,32)33/h4-8,13-15,22H,9-12H2,1-3H3. The van der Waals surface area contributed by atoms with Gasteiger partial charge >= 0.3 is 12.8 Å². The number of ether oxygens (including phenoxy) is 1. The van der Waals surface area contributed by atoms with E-state index in [2.05, 4.69) is 4.74 Å². The summed E-state index contributed by atoms with van der Waals surface area (Å²) in [5.41, 5.74) is -1.45. The van der Waals surface area contributed by atoms with Crippen LogP contribution in [0.15, 0.2) is 52.3 Å². The Morgan fingerprint density at radius 1 is 1.00 bits per heavy atom. The molecular formula is C24H26F5NO6S2. The summed E-state index contributed by atoms with van der Waals surface area (Å²) in [6, 6.07) is 6.42. The first-order valence-electron chi connectivity index (χ1n) is 11.4. The number of carbonyl (C=O) groups excluding carboxylic acids is 1. The average Bonchev–Trinajstić information content (AvgIpc) is 2.82. The minimum atomic E-state index is -4.72. The molecule has 0 unspecified atom stereocenters. The fourth-order valence-corrected chi connectivity index (χ4v) is 7.17. The second-order valence-corrected chi connectivity index (χ2v) is 14.0. The van der Waals surface area contributed by atoms with E-state index in [4.69, 9.17) is 0 Å². The molecular weight excluding hydrogens is 557 g/mol. The molecule has 2 aromatic rings. The lowest BCUT2D eigenvalue weighted by Gasteiger charge is -2.40. The summed E-state index contributed by atoms with van der Waals surface area (Å²) in [5, 5.41) is 0. The lowest BCUT2D eigenvalue weighted by Crippen LogP contribution is -2.47. The normalized spacial score (nSPS) is 16.1. The van der Waals surface area contributed by atoms with Gasteiger partial charge in [-0.15, -0.1) is 0 Å². The van der Waals surface area contributed by atoms with Crippen LogP contribution >= 0.6 is 0 Å². The third kappa shape index (κ3) is 6.11. The summed E-state index contributed by atoms with van der Waals surface area (Å²) < 4.78 is 119. The zero-order chi connectivity index (χ0) is 28.7. The van der Waals surface area contributed by atoms with Crippen LogP contribution in [0.4, 0.5) is 22.0 Å². The Labute approximate surface area is 217 Å². The lowest BCUT2D eigenvalue weighted by atomic mass is 9.85. The molecule has 210 valence electrons. The van der Waals surface area contributed by atoms with E-state index in [0.29, 0.717) is 6.07 Å². The molecule has 1 heterocycles. The smallest absolute Gasteiger partial charge is 0.416 e. The number of alkyl halides is 5. The molecule has 0 N–H and O–H groups in total. The summed E-state index contributed by atoms with van der Waals surface area (Å²) in [5.74, 6) is -1.71. The van der Waals surface area contributed by atoms with Crippen LogP contribution in [0, 0.1) is 5.92 Å². The van der Waals surface area contributed by atoms with Gasteiger partial charge in [0.1, 0.15) is 5.75 Å². The van der Waals surface area contributed by atoms with Gasteiger partial charge in [0.2, 0.25) is 0 Å². The Kier molecular flexibility index (Phi) is 8.19. The zero-order valence-electron chi connectivity index (χ0n) is 20.6. The average molecular weight is 584 g/mol. The SMILES string of the molecule is CC(C)(C1CCN(C(=O)c2cc(OC(F)F)ccc2S(C)(=O)=O)CC1)S(=O)(=O)c1cccc(C(F)(F)F)c1. The molecule has 0 aliphatic carbocycles. The molecule has 1 amide bonds. The van der Waals surface area contributed by atoms with Gasteiger partial charge in [-0.05, 0) is 69.0 Å². The Morgan fingerprint density at radius 2 is 1.61 bits per heavy atom. The fourth-order valence-electron chi connectivity index (χ4n) is 4.49. The van der Waals surface area contributed by atoms with Crippen molar-refractivity contribution in [1.82, 2.24) is 4.90 Å². The first-order valence-corrected chi connectivity index (χ1v) is 14.7. The molecule has 0 saturated carbocycles. The number of nitrogens with zero attached hydrogens (tertiary/aromatic N) is 1. The van der Waals surface area contributed by atoms with Gasteiger partial charge in [-0.25, -0.2) is 16.8 Å². The van der Waals surface area contributed by atoms with Gasteiger partial charge in [-0.2, -0.15) is 22.0 Å². The van der Waals surface area contributed by atoms with Crippen molar-refractivity contribution in [2.24, 2.45) is 5.92 Å². The van der Waals surface area contributed by atoms with Crippen LogP contribution in [0.25, 0.3) is 0 Å². The van der Waals surface area contributed by atoms with Crippen LogP contribution < -0.4 is 4.74 Å². The fraction of sp³-hybridized carbons (Fsp3) is 0.458. The van der Waals surface area contributed by atoms with Crippen LogP contribution in [0.2, 0.25) is 0 Å². The predicted molar refractivity (Wildman–Crippen MR) is 128 cm³/mol. The van der Waals surface area contributed by atoms with E-state index in [9.17, 15) is 43.6 Å². The molecule has 0 radical (unpaired) electrons. The maximum atomic E-state index is 13.4. The first kappa shape index (κ1) is 29.8. The third-order valence-corrected chi connectivity index (χ3v) is 10.5. The minimum absolute atomic E-state index is 0.00811. The van der Waals surface area contributed by atoms with Crippen molar-refractivity contribution < 1.29 is 48.3 Å². The molecule has 14 heteroatoms. The van der Waals surface area contributed by atoms with E-state index in [1.807, 2.05) is 0 Å². The molecule has 7 nitrogen and oxygen atoms in total. The second kappa shape index (κ2) is 10.4. The van der Waals surface area contributed by atoms with Crippen LogP contribution in [-0.2, 0) is 25.9 Å². The summed E-state index contributed by atoms with van der Waals surface area (Å²) >= 11 is 0. The Balaban J connectivity index is 1.84. The molecule has 0 atom stereocenters. The lowest BCUT2D eigenvalue weighted by molar-refractivity contribution is -0.137. The summed E-state index contributed by atoms with van der Waals surface area (Å²) in [4.78, 5) is 13.6. The van der Waals surface area contributed by atoms with Crippen molar-refractivity contribution in [3.63, 3.8) is 0 Å². The number of likely N-dealkylation sites (tertiary alicyclic amines) is 1. The number of halogens is 5. The Hall–Kier alpha value is -2.74. The first-order chi connectivity index (χ1) is 17.4. The van der Waals surface area contributed by atoms with E-state index >= 15 is 0 Å². The summed E-state index contributed by atoms with van der Waals surface area (Å²) in [6.45, 7) is -0.351.